The molecule has 5 nitrogen and oxygen atoms in total. The van der Waals surface area contributed by atoms with Gasteiger partial charge in [-0.25, -0.2) is 9.97 Å². The molecule has 120 valence electrons. The molecule has 0 spiro atoms. The molecule has 5 heteroatoms. The van der Waals surface area contributed by atoms with Crippen molar-refractivity contribution < 1.29 is 4.79 Å². The van der Waals surface area contributed by atoms with Crippen LogP contribution in [0.3, 0.4) is 0 Å². The van der Waals surface area contributed by atoms with Gasteiger partial charge in [0.05, 0.1) is 0 Å². The first-order chi connectivity index (χ1) is 11.6. The van der Waals surface area contributed by atoms with E-state index in [0.29, 0.717) is 11.5 Å². The highest BCUT2D eigenvalue weighted by Gasteiger charge is 2.10. The maximum Gasteiger partial charge on any atom is 0.274 e. The van der Waals surface area contributed by atoms with Crippen LogP contribution in [0.5, 0.6) is 0 Å². The standard InChI is InChI=1S/C19H18N4O/c1-13-7-9-15(10-8-13)22-18-11-17(20-12-21-18)19(24)23-16-6-4-3-5-14(16)2/h3-12H,1-2H3,(H,23,24)(H,20,21,22). The summed E-state index contributed by atoms with van der Waals surface area (Å²) in [5.74, 6) is 0.308. The number of nitrogens with zero attached hydrogens (tertiary/aromatic N) is 2. The molecule has 2 N–H and O–H groups in total. The quantitative estimate of drug-likeness (QED) is 0.760. The Balaban J connectivity index is 1.76. The van der Waals surface area contributed by atoms with Gasteiger partial charge in [-0.2, -0.15) is 0 Å². The third kappa shape index (κ3) is 3.76. The third-order valence-electron chi connectivity index (χ3n) is 3.62. The Morgan fingerprint density at radius 3 is 2.46 bits per heavy atom. The fourth-order valence-electron chi connectivity index (χ4n) is 2.23. The third-order valence-corrected chi connectivity index (χ3v) is 3.62. The summed E-state index contributed by atoms with van der Waals surface area (Å²) in [6.45, 7) is 3.97. The van der Waals surface area contributed by atoms with E-state index >= 15 is 0 Å². The van der Waals surface area contributed by atoms with Crippen LogP contribution in [0.2, 0.25) is 0 Å². The topological polar surface area (TPSA) is 66.9 Å². The predicted octanol–water partition coefficient (Wildman–Crippen LogP) is 4.09. The Bertz CT molecular complexity index is 859. The normalized spacial score (nSPS) is 10.2. The molecular formula is C19H18N4O. The molecule has 1 aromatic heterocycles. The number of hydrogen-bond donors (Lipinski definition) is 2. The molecule has 0 saturated carbocycles. The average Bonchev–Trinajstić information content (AvgIpc) is 2.59. The number of carbonyl (C=O) groups excluding carboxylic acids is 1. The van der Waals surface area contributed by atoms with Crippen molar-refractivity contribution >= 4 is 23.1 Å². The Hall–Kier alpha value is -3.21. The highest BCUT2D eigenvalue weighted by molar-refractivity contribution is 6.03. The van der Waals surface area contributed by atoms with Crippen LogP contribution in [0.15, 0.2) is 60.9 Å². The Labute approximate surface area is 140 Å². The molecule has 0 aliphatic heterocycles. The number of carbonyl (C=O) groups is 1. The molecule has 1 amide bonds. The summed E-state index contributed by atoms with van der Waals surface area (Å²) in [6, 6.07) is 17.2. The smallest absolute Gasteiger partial charge is 0.274 e. The first kappa shape index (κ1) is 15.7. The van der Waals surface area contributed by atoms with Gasteiger partial charge in [0.25, 0.3) is 5.91 Å². The zero-order valence-corrected chi connectivity index (χ0v) is 13.6. The molecule has 0 fully saturated rings. The zero-order valence-electron chi connectivity index (χ0n) is 13.6. The molecule has 2 aromatic carbocycles. The van der Waals surface area contributed by atoms with Crippen LogP contribution in [0.1, 0.15) is 21.6 Å². The fraction of sp³-hybridized carbons (Fsp3) is 0.105. The lowest BCUT2D eigenvalue weighted by Crippen LogP contribution is -2.15. The van der Waals surface area contributed by atoms with Crippen LogP contribution >= 0.6 is 0 Å². The molecule has 3 rings (SSSR count). The second-order valence-electron chi connectivity index (χ2n) is 5.55. The van der Waals surface area contributed by atoms with Crippen molar-refractivity contribution in [3.05, 3.63) is 77.7 Å². The number of nitrogens with one attached hydrogen (secondary N) is 2. The van der Waals surface area contributed by atoms with Crippen molar-refractivity contribution in [2.24, 2.45) is 0 Å². The number of aryl methyl sites for hydroxylation is 2. The van der Waals surface area contributed by atoms with E-state index < -0.39 is 0 Å². The van der Waals surface area contributed by atoms with Crippen LogP contribution in [-0.4, -0.2) is 15.9 Å². The molecule has 0 bridgehead atoms. The number of rotatable bonds is 4. The van der Waals surface area contributed by atoms with E-state index in [4.69, 9.17) is 0 Å². The van der Waals surface area contributed by atoms with Gasteiger partial charge in [-0.05, 0) is 37.6 Å². The molecule has 0 unspecified atom stereocenters. The number of hydrogen-bond acceptors (Lipinski definition) is 4. The number of amides is 1. The molecule has 0 aliphatic rings. The van der Waals surface area contributed by atoms with Crippen LogP contribution in [0, 0.1) is 13.8 Å². The maximum absolute atomic E-state index is 12.4. The van der Waals surface area contributed by atoms with Crippen LogP contribution in [0.4, 0.5) is 17.2 Å². The zero-order chi connectivity index (χ0) is 16.9. The van der Waals surface area contributed by atoms with Gasteiger partial charge >= 0.3 is 0 Å². The largest absolute Gasteiger partial charge is 0.340 e. The molecule has 0 saturated heterocycles. The molecular weight excluding hydrogens is 300 g/mol. The van der Waals surface area contributed by atoms with Gasteiger partial charge in [0, 0.05) is 17.4 Å². The molecule has 0 radical (unpaired) electrons. The van der Waals surface area contributed by atoms with Crippen molar-refractivity contribution in [3.8, 4) is 0 Å². The highest BCUT2D eigenvalue weighted by Crippen LogP contribution is 2.17. The first-order valence-electron chi connectivity index (χ1n) is 7.64. The van der Waals surface area contributed by atoms with E-state index in [1.54, 1.807) is 6.07 Å². The first-order valence-corrected chi connectivity index (χ1v) is 7.64. The van der Waals surface area contributed by atoms with E-state index in [1.807, 2.05) is 62.4 Å². The Kier molecular flexibility index (Phi) is 4.52. The Morgan fingerprint density at radius 1 is 0.958 bits per heavy atom. The summed E-state index contributed by atoms with van der Waals surface area (Å²) in [5.41, 5.74) is 4.17. The predicted molar refractivity (Wildman–Crippen MR) is 95.6 cm³/mol. The van der Waals surface area contributed by atoms with E-state index in [0.717, 1.165) is 16.9 Å². The summed E-state index contributed by atoms with van der Waals surface area (Å²) in [5, 5.41) is 6.04. The summed E-state index contributed by atoms with van der Waals surface area (Å²) >= 11 is 0. The minimum atomic E-state index is -0.265. The summed E-state index contributed by atoms with van der Waals surface area (Å²) < 4.78 is 0. The summed E-state index contributed by atoms with van der Waals surface area (Å²) in [6.07, 6.45) is 1.38. The van der Waals surface area contributed by atoms with E-state index in [9.17, 15) is 4.79 Å². The van der Waals surface area contributed by atoms with Gasteiger partial charge in [-0.3, -0.25) is 4.79 Å². The molecule has 24 heavy (non-hydrogen) atoms. The summed E-state index contributed by atoms with van der Waals surface area (Å²) in [7, 11) is 0. The lowest BCUT2D eigenvalue weighted by molar-refractivity contribution is 0.102. The molecule has 0 atom stereocenters. The van der Waals surface area contributed by atoms with Gasteiger partial charge < -0.3 is 10.6 Å². The fourth-order valence-corrected chi connectivity index (χ4v) is 2.23. The summed E-state index contributed by atoms with van der Waals surface area (Å²) in [4.78, 5) is 20.6. The lowest BCUT2D eigenvalue weighted by Gasteiger charge is -2.09. The van der Waals surface area contributed by atoms with Crippen LogP contribution in [0.25, 0.3) is 0 Å². The number of anilines is 3. The van der Waals surface area contributed by atoms with Crippen molar-refractivity contribution in [3.63, 3.8) is 0 Å². The van der Waals surface area contributed by atoms with Crippen LogP contribution in [-0.2, 0) is 0 Å². The average molecular weight is 318 g/mol. The molecule has 3 aromatic rings. The molecule has 0 aliphatic carbocycles. The lowest BCUT2D eigenvalue weighted by atomic mass is 10.2. The highest BCUT2D eigenvalue weighted by atomic mass is 16.1. The van der Waals surface area contributed by atoms with E-state index in [2.05, 4.69) is 20.6 Å². The second kappa shape index (κ2) is 6.91. The van der Waals surface area contributed by atoms with Gasteiger partial charge in [0.15, 0.2) is 0 Å². The number of benzene rings is 2. The minimum Gasteiger partial charge on any atom is -0.340 e. The van der Waals surface area contributed by atoms with Gasteiger partial charge in [-0.1, -0.05) is 35.9 Å². The monoisotopic (exact) mass is 318 g/mol. The SMILES string of the molecule is Cc1ccc(Nc2cc(C(=O)Nc3ccccc3C)ncn2)cc1. The van der Waals surface area contributed by atoms with Crippen LogP contribution < -0.4 is 10.6 Å². The van der Waals surface area contributed by atoms with E-state index in [-0.39, 0.29) is 5.91 Å². The van der Waals surface area contributed by atoms with Crippen molar-refractivity contribution in [2.45, 2.75) is 13.8 Å². The Morgan fingerprint density at radius 2 is 1.71 bits per heavy atom. The minimum absolute atomic E-state index is 0.265. The van der Waals surface area contributed by atoms with Gasteiger partial charge in [-0.15, -0.1) is 0 Å². The maximum atomic E-state index is 12.4. The van der Waals surface area contributed by atoms with Crippen molar-refractivity contribution in [1.82, 2.24) is 9.97 Å². The molecule has 1 heterocycles. The van der Waals surface area contributed by atoms with Gasteiger partial charge in [0.1, 0.15) is 17.8 Å². The van der Waals surface area contributed by atoms with Gasteiger partial charge in [0.2, 0.25) is 0 Å². The van der Waals surface area contributed by atoms with Crippen molar-refractivity contribution in [1.29, 1.82) is 0 Å². The van der Waals surface area contributed by atoms with E-state index in [1.165, 1.54) is 11.9 Å². The van der Waals surface area contributed by atoms with Crippen molar-refractivity contribution in [2.75, 3.05) is 10.6 Å². The second-order valence-corrected chi connectivity index (χ2v) is 5.55. The number of aromatic nitrogens is 2. The number of para-hydroxylation sites is 1.